The molecule has 0 aliphatic carbocycles. The summed E-state index contributed by atoms with van der Waals surface area (Å²) in [5, 5.41) is 20.7. The number of nitrogens with one attached hydrogen (secondary N) is 3. The van der Waals surface area contributed by atoms with Gasteiger partial charge in [-0.3, -0.25) is 9.89 Å². The minimum Gasteiger partial charge on any atom is -0.481 e. The van der Waals surface area contributed by atoms with Gasteiger partial charge in [-0.2, -0.15) is 5.10 Å². The van der Waals surface area contributed by atoms with Crippen LogP contribution in [0.4, 0.5) is 4.79 Å². The van der Waals surface area contributed by atoms with Crippen LogP contribution in [0.1, 0.15) is 32.3 Å². The van der Waals surface area contributed by atoms with E-state index in [1.807, 2.05) is 13.8 Å². The lowest BCUT2D eigenvalue weighted by Crippen LogP contribution is -2.38. The van der Waals surface area contributed by atoms with Gasteiger partial charge in [-0.15, -0.1) is 0 Å². The molecule has 0 saturated carbocycles. The van der Waals surface area contributed by atoms with Crippen molar-refractivity contribution in [3.63, 3.8) is 0 Å². The number of aliphatic carboxylic acids is 1. The molecule has 1 unspecified atom stereocenters. The Labute approximate surface area is 118 Å². The van der Waals surface area contributed by atoms with Crippen LogP contribution in [0.3, 0.4) is 0 Å². The SMILES string of the molecule is CC(C)CC(CNC(=O)NCc1cn[nH]c1)CC(=O)O. The molecule has 20 heavy (non-hydrogen) atoms. The van der Waals surface area contributed by atoms with Crippen molar-refractivity contribution in [1.29, 1.82) is 0 Å². The number of hydrogen-bond acceptors (Lipinski definition) is 3. The molecule has 7 nitrogen and oxygen atoms in total. The van der Waals surface area contributed by atoms with Crippen LogP contribution in [0, 0.1) is 11.8 Å². The minimum absolute atomic E-state index is 0.0489. The van der Waals surface area contributed by atoms with Crippen LogP contribution in [-0.2, 0) is 11.3 Å². The maximum absolute atomic E-state index is 11.6. The number of amides is 2. The normalized spacial score (nSPS) is 12.2. The van der Waals surface area contributed by atoms with Gasteiger partial charge in [0, 0.05) is 31.3 Å². The molecule has 0 spiro atoms. The van der Waals surface area contributed by atoms with Gasteiger partial charge in [0.1, 0.15) is 0 Å². The predicted octanol–water partition coefficient (Wildman–Crippen LogP) is 1.35. The second kappa shape index (κ2) is 8.19. The fourth-order valence-corrected chi connectivity index (χ4v) is 2.01. The Balaban J connectivity index is 2.30. The summed E-state index contributed by atoms with van der Waals surface area (Å²) >= 11 is 0. The predicted molar refractivity (Wildman–Crippen MR) is 74.0 cm³/mol. The van der Waals surface area contributed by atoms with E-state index in [4.69, 9.17) is 5.11 Å². The summed E-state index contributed by atoms with van der Waals surface area (Å²) in [6.07, 6.45) is 4.17. The van der Waals surface area contributed by atoms with E-state index in [1.54, 1.807) is 12.4 Å². The molecule has 0 fully saturated rings. The molecule has 1 rings (SSSR count). The molecule has 0 bridgehead atoms. The number of urea groups is 1. The van der Waals surface area contributed by atoms with E-state index in [1.165, 1.54) is 0 Å². The van der Waals surface area contributed by atoms with Crippen molar-refractivity contribution in [2.24, 2.45) is 11.8 Å². The zero-order chi connectivity index (χ0) is 15.0. The van der Waals surface area contributed by atoms with E-state index in [0.29, 0.717) is 19.0 Å². The van der Waals surface area contributed by atoms with Gasteiger partial charge < -0.3 is 15.7 Å². The first-order valence-electron chi connectivity index (χ1n) is 6.68. The molecule has 0 aromatic carbocycles. The summed E-state index contributed by atoms with van der Waals surface area (Å²) in [7, 11) is 0. The van der Waals surface area contributed by atoms with Crippen molar-refractivity contribution in [3.05, 3.63) is 18.0 Å². The first kappa shape index (κ1) is 16.0. The third-order valence-electron chi connectivity index (χ3n) is 2.83. The Kier molecular flexibility index (Phi) is 6.55. The van der Waals surface area contributed by atoms with Crippen LogP contribution in [-0.4, -0.2) is 33.8 Å². The number of carboxylic acids is 1. The van der Waals surface area contributed by atoms with Crippen LogP contribution < -0.4 is 10.6 Å². The Morgan fingerprint density at radius 2 is 2.15 bits per heavy atom. The molecule has 1 atom stereocenters. The van der Waals surface area contributed by atoms with Gasteiger partial charge in [0.15, 0.2) is 0 Å². The Hall–Kier alpha value is -2.05. The summed E-state index contributed by atoms with van der Waals surface area (Å²) in [5.41, 5.74) is 0.879. The van der Waals surface area contributed by atoms with E-state index in [0.717, 1.165) is 12.0 Å². The van der Waals surface area contributed by atoms with Gasteiger partial charge in [-0.1, -0.05) is 13.8 Å². The highest BCUT2D eigenvalue weighted by Gasteiger charge is 2.15. The summed E-state index contributed by atoms with van der Waals surface area (Å²) < 4.78 is 0. The van der Waals surface area contributed by atoms with Crippen molar-refractivity contribution < 1.29 is 14.7 Å². The van der Waals surface area contributed by atoms with Gasteiger partial charge in [0.25, 0.3) is 0 Å². The highest BCUT2D eigenvalue weighted by Crippen LogP contribution is 2.14. The number of carboxylic acid groups (broad SMARTS) is 1. The van der Waals surface area contributed by atoms with Gasteiger partial charge >= 0.3 is 12.0 Å². The average molecular weight is 282 g/mol. The largest absolute Gasteiger partial charge is 0.481 e. The molecule has 7 heteroatoms. The quantitative estimate of drug-likeness (QED) is 0.577. The maximum atomic E-state index is 11.6. The molecule has 4 N–H and O–H groups in total. The second-order valence-corrected chi connectivity index (χ2v) is 5.26. The monoisotopic (exact) mass is 282 g/mol. The zero-order valence-corrected chi connectivity index (χ0v) is 11.8. The molecule has 0 radical (unpaired) electrons. The fraction of sp³-hybridized carbons (Fsp3) is 0.615. The smallest absolute Gasteiger partial charge is 0.315 e. The molecule has 1 aromatic rings. The minimum atomic E-state index is -0.837. The highest BCUT2D eigenvalue weighted by atomic mass is 16.4. The van der Waals surface area contributed by atoms with E-state index < -0.39 is 5.97 Å². The lowest BCUT2D eigenvalue weighted by Gasteiger charge is -2.17. The molecular weight excluding hydrogens is 260 g/mol. The van der Waals surface area contributed by atoms with Crippen LogP contribution in [0.5, 0.6) is 0 Å². The fourth-order valence-electron chi connectivity index (χ4n) is 2.01. The van der Waals surface area contributed by atoms with E-state index in [9.17, 15) is 9.59 Å². The topological polar surface area (TPSA) is 107 Å². The molecule has 112 valence electrons. The van der Waals surface area contributed by atoms with Crippen LogP contribution >= 0.6 is 0 Å². The van der Waals surface area contributed by atoms with Crippen LogP contribution in [0.15, 0.2) is 12.4 Å². The number of carbonyl (C=O) groups excluding carboxylic acids is 1. The molecule has 1 aromatic heterocycles. The molecule has 1 heterocycles. The van der Waals surface area contributed by atoms with Gasteiger partial charge in [0.05, 0.1) is 6.20 Å². The zero-order valence-electron chi connectivity index (χ0n) is 11.8. The third-order valence-corrected chi connectivity index (χ3v) is 2.83. The van der Waals surface area contributed by atoms with E-state index >= 15 is 0 Å². The molecule has 0 saturated heterocycles. The van der Waals surface area contributed by atoms with Crippen molar-refractivity contribution >= 4 is 12.0 Å². The Bertz CT molecular complexity index is 417. The first-order valence-corrected chi connectivity index (χ1v) is 6.68. The van der Waals surface area contributed by atoms with Crippen molar-refractivity contribution in [1.82, 2.24) is 20.8 Å². The lowest BCUT2D eigenvalue weighted by molar-refractivity contribution is -0.138. The summed E-state index contributed by atoms with van der Waals surface area (Å²) in [6, 6.07) is -0.301. The number of hydrogen-bond donors (Lipinski definition) is 4. The van der Waals surface area contributed by atoms with Crippen molar-refractivity contribution in [3.8, 4) is 0 Å². The second-order valence-electron chi connectivity index (χ2n) is 5.26. The number of rotatable bonds is 8. The third kappa shape index (κ3) is 6.77. The van der Waals surface area contributed by atoms with Gasteiger partial charge in [-0.05, 0) is 18.3 Å². The van der Waals surface area contributed by atoms with E-state index in [-0.39, 0.29) is 18.4 Å². The number of aromatic nitrogens is 2. The van der Waals surface area contributed by atoms with Crippen molar-refractivity contribution in [2.75, 3.05) is 6.54 Å². The maximum Gasteiger partial charge on any atom is 0.315 e. The first-order chi connectivity index (χ1) is 9.47. The van der Waals surface area contributed by atoms with Gasteiger partial charge in [0.2, 0.25) is 0 Å². The van der Waals surface area contributed by atoms with E-state index in [2.05, 4.69) is 20.8 Å². The molecule has 0 aliphatic heterocycles. The molecular formula is C13H22N4O3. The summed E-state index contributed by atoms with van der Waals surface area (Å²) in [5.74, 6) is -0.487. The molecule has 2 amide bonds. The summed E-state index contributed by atoms with van der Waals surface area (Å²) in [6.45, 7) is 4.82. The molecule has 0 aliphatic rings. The van der Waals surface area contributed by atoms with Crippen LogP contribution in [0.2, 0.25) is 0 Å². The van der Waals surface area contributed by atoms with Crippen LogP contribution in [0.25, 0.3) is 0 Å². The van der Waals surface area contributed by atoms with Crippen molar-refractivity contribution in [2.45, 2.75) is 33.2 Å². The standard InChI is InChI=1S/C13H22N4O3/c1-9(2)3-10(4-12(18)19)5-14-13(20)15-6-11-7-16-17-8-11/h7-10H,3-6H2,1-2H3,(H,16,17)(H,18,19)(H2,14,15,20). The Morgan fingerprint density at radius 1 is 1.40 bits per heavy atom. The van der Waals surface area contributed by atoms with Gasteiger partial charge in [-0.25, -0.2) is 4.79 Å². The number of H-pyrrole nitrogens is 1. The number of nitrogens with zero attached hydrogens (tertiary/aromatic N) is 1. The lowest BCUT2D eigenvalue weighted by atomic mass is 9.94. The number of carbonyl (C=O) groups is 2. The average Bonchev–Trinajstić information content (AvgIpc) is 2.85. The highest BCUT2D eigenvalue weighted by molar-refractivity contribution is 5.74. The Morgan fingerprint density at radius 3 is 2.70 bits per heavy atom. The summed E-state index contributed by atoms with van der Waals surface area (Å²) in [4.78, 5) is 22.4. The number of aromatic amines is 1.